The molecule has 0 radical (unpaired) electrons. The summed E-state index contributed by atoms with van der Waals surface area (Å²) in [7, 11) is 1.63. The molecule has 0 heterocycles. The predicted octanol–water partition coefficient (Wildman–Crippen LogP) is 3.72. The average Bonchev–Trinajstić information content (AvgIpc) is 2.52. The molecule has 0 saturated carbocycles. The molecule has 0 N–H and O–H groups in total. The van der Waals surface area contributed by atoms with Crippen LogP contribution in [0.25, 0.3) is 0 Å². The summed E-state index contributed by atoms with van der Waals surface area (Å²) in [6, 6.07) is 15.7. The van der Waals surface area contributed by atoms with Gasteiger partial charge in [-0.3, -0.25) is 0 Å². The van der Waals surface area contributed by atoms with Crippen LogP contribution in [0.5, 0.6) is 17.2 Å². The van der Waals surface area contributed by atoms with Crippen molar-refractivity contribution in [1.82, 2.24) is 0 Å². The van der Waals surface area contributed by atoms with Crippen LogP contribution in [0.4, 0.5) is 0 Å². The zero-order valence-corrected chi connectivity index (χ0v) is 12.0. The summed E-state index contributed by atoms with van der Waals surface area (Å²) in [6.45, 7) is 3.12. The lowest BCUT2D eigenvalue weighted by atomic mass is 10.2. The highest BCUT2D eigenvalue weighted by Crippen LogP contribution is 2.25. The zero-order valence-electron chi connectivity index (χ0n) is 12.0. The number of ether oxygens (including phenoxy) is 3. The molecular formula is C17H20O3. The van der Waals surface area contributed by atoms with Crippen LogP contribution in [0.3, 0.4) is 0 Å². The fourth-order valence-corrected chi connectivity index (χ4v) is 1.90. The van der Waals surface area contributed by atoms with Crippen molar-refractivity contribution in [2.45, 2.75) is 13.3 Å². The summed E-state index contributed by atoms with van der Waals surface area (Å²) >= 11 is 0. The molecule has 0 spiro atoms. The number of hydrogen-bond donors (Lipinski definition) is 0. The SMILES string of the molecule is CCc1cccc(OCCOc2ccccc2OC)c1. The van der Waals surface area contributed by atoms with Crippen LogP contribution in [0.2, 0.25) is 0 Å². The van der Waals surface area contributed by atoms with E-state index in [4.69, 9.17) is 14.2 Å². The Morgan fingerprint density at radius 3 is 2.35 bits per heavy atom. The maximum absolute atomic E-state index is 5.68. The van der Waals surface area contributed by atoms with E-state index in [1.165, 1.54) is 5.56 Å². The van der Waals surface area contributed by atoms with Crippen molar-refractivity contribution < 1.29 is 14.2 Å². The highest BCUT2D eigenvalue weighted by molar-refractivity contribution is 5.39. The number of methoxy groups -OCH3 is 1. The second-order valence-corrected chi connectivity index (χ2v) is 4.35. The first-order chi connectivity index (χ1) is 9.83. The fourth-order valence-electron chi connectivity index (χ4n) is 1.90. The largest absolute Gasteiger partial charge is 0.493 e. The first-order valence-corrected chi connectivity index (χ1v) is 6.81. The quantitative estimate of drug-likeness (QED) is 0.719. The van der Waals surface area contributed by atoms with Crippen molar-refractivity contribution >= 4 is 0 Å². The lowest BCUT2D eigenvalue weighted by Crippen LogP contribution is -2.09. The summed E-state index contributed by atoms with van der Waals surface area (Å²) in [5, 5.41) is 0. The molecule has 20 heavy (non-hydrogen) atoms. The van der Waals surface area contributed by atoms with Gasteiger partial charge in [-0.25, -0.2) is 0 Å². The summed E-state index contributed by atoms with van der Waals surface area (Å²) < 4.78 is 16.6. The first-order valence-electron chi connectivity index (χ1n) is 6.81. The van der Waals surface area contributed by atoms with Gasteiger partial charge in [-0.15, -0.1) is 0 Å². The molecule has 106 valence electrons. The second kappa shape index (κ2) is 7.43. The van der Waals surface area contributed by atoms with Crippen LogP contribution in [0.15, 0.2) is 48.5 Å². The monoisotopic (exact) mass is 272 g/mol. The minimum Gasteiger partial charge on any atom is -0.493 e. The Hall–Kier alpha value is -2.16. The Balaban J connectivity index is 1.81. The van der Waals surface area contributed by atoms with E-state index in [1.807, 2.05) is 36.4 Å². The van der Waals surface area contributed by atoms with Crippen molar-refractivity contribution in [1.29, 1.82) is 0 Å². The molecule has 0 aliphatic heterocycles. The van der Waals surface area contributed by atoms with Gasteiger partial charge in [-0.05, 0) is 36.2 Å². The van der Waals surface area contributed by atoms with Gasteiger partial charge in [0, 0.05) is 0 Å². The van der Waals surface area contributed by atoms with E-state index in [0.717, 1.165) is 23.7 Å². The minimum atomic E-state index is 0.483. The molecule has 2 aromatic carbocycles. The minimum absolute atomic E-state index is 0.483. The maximum Gasteiger partial charge on any atom is 0.161 e. The molecule has 0 amide bonds. The van der Waals surface area contributed by atoms with Gasteiger partial charge in [0.25, 0.3) is 0 Å². The highest BCUT2D eigenvalue weighted by atomic mass is 16.5. The molecule has 0 aliphatic carbocycles. The van der Waals surface area contributed by atoms with Crippen LogP contribution < -0.4 is 14.2 Å². The van der Waals surface area contributed by atoms with Gasteiger partial charge in [-0.1, -0.05) is 31.2 Å². The Morgan fingerprint density at radius 2 is 1.60 bits per heavy atom. The third-order valence-corrected chi connectivity index (χ3v) is 2.99. The summed E-state index contributed by atoms with van der Waals surface area (Å²) in [4.78, 5) is 0. The molecule has 2 rings (SSSR count). The van der Waals surface area contributed by atoms with E-state index in [2.05, 4.69) is 19.1 Å². The summed E-state index contributed by atoms with van der Waals surface area (Å²) in [5.74, 6) is 2.36. The van der Waals surface area contributed by atoms with Crippen molar-refractivity contribution in [3.8, 4) is 17.2 Å². The van der Waals surface area contributed by atoms with Gasteiger partial charge in [-0.2, -0.15) is 0 Å². The lowest BCUT2D eigenvalue weighted by Gasteiger charge is -2.11. The third-order valence-electron chi connectivity index (χ3n) is 2.99. The lowest BCUT2D eigenvalue weighted by molar-refractivity contribution is 0.211. The van der Waals surface area contributed by atoms with Gasteiger partial charge in [0.15, 0.2) is 11.5 Å². The number of para-hydroxylation sites is 2. The van der Waals surface area contributed by atoms with Crippen molar-refractivity contribution in [3.05, 3.63) is 54.1 Å². The highest BCUT2D eigenvalue weighted by Gasteiger charge is 2.02. The molecule has 0 unspecified atom stereocenters. The van der Waals surface area contributed by atoms with E-state index in [0.29, 0.717) is 13.2 Å². The average molecular weight is 272 g/mol. The van der Waals surface area contributed by atoms with Crippen molar-refractivity contribution in [2.75, 3.05) is 20.3 Å². The van der Waals surface area contributed by atoms with E-state index in [1.54, 1.807) is 7.11 Å². The Bertz CT molecular complexity index is 537. The van der Waals surface area contributed by atoms with E-state index in [-0.39, 0.29) is 0 Å². The molecule has 3 heteroatoms. The summed E-state index contributed by atoms with van der Waals surface area (Å²) in [5.41, 5.74) is 1.27. The van der Waals surface area contributed by atoms with Crippen molar-refractivity contribution in [3.63, 3.8) is 0 Å². The Labute approximate surface area is 120 Å². The molecule has 0 saturated heterocycles. The smallest absolute Gasteiger partial charge is 0.161 e. The van der Waals surface area contributed by atoms with Crippen LogP contribution in [-0.2, 0) is 6.42 Å². The van der Waals surface area contributed by atoms with E-state index in [9.17, 15) is 0 Å². The maximum atomic E-state index is 5.68. The van der Waals surface area contributed by atoms with Crippen LogP contribution in [0.1, 0.15) is 12.5 Å². The zero-order chi connectivity index (χ0) is 14.2. The number of benzene rings is 2. The molecule has 2 aromatic rings. The third kappa shape index (κ3) is 3.92. The summed E-state index contributed by atoms with van der Waals surface area (Å²) in [6.07, 6.45) is 1.01. The Kier molecular flexibility index (Phi) is 5.30. The predicted molar refractivity (Wildman–Crippen MR) is 79.8 cm³/mol. The van der Waals surface area contributed by atoms with Crippen LogP contribution >= 0.6 is 0 Å². The molecule has 3 nitrogen and oxygen atoms in total. The van der Waals surface area contributed by atoms with Crippen LogP contribution in [-0.4, -0.2) is 20.3 Å². The van der Waals surface area contributed by atoms with E-state index >= 15 is 0 Å². The molecular weight excluding hydrogens is 252 g/mol. The molecule has 0 aromatic heterocycles. The number of aryl methyl sites for hydroxylation is 1. The van der Waals surface area contributed by atoms with Gasteiger partial charge in [0.1, 0.15) is 19.0 Å². The Morgan fingerprint density at radius 1 is 0.850 bits per heavy atom. The standard InChI is InChI=1S/C17H20O3/c1-3-14-7-6-8-15(13-14)19-11-12-20-17-10-5-4-9-16(17)18-2/h4-10,13H,3,11-12H2,1-2H3. The van der Waals surface area contributed by atoms with Gasteiger partial charge < -0.3 is 14.2 Å². The number of rotatable bonds is 7. The van der Waals surface area contributed by atoms with Gasteiger partial charge in [0.05, 0.1) is 7.11 Å². The van der Waals surface area contributed by atoms with E-state index < -0.39 is 0 Å². The normalized spacial score (nSPS) is 10.1. The number of hydrogen-bond acceptors (Lipinski definition) is 3. The topological polar surface area (TPSA) is 27.7 Å². The van der Waals surface area contributed by atoms with Crippen molar-refractivity contribution in [2.24, 2.45) is 0 Å². The molecule has 0 fully saturated rings. The van der Waals surface area contributed by atoms with Crippen LogP contribution in [0, 0.1) is 0 Å². The first kappa shape index (κ1) is 14.3. The molecule has 0 atom stereocenters. The molecule has 0 aliphatic rings. The van der Waals surface area contributed by atoms with Gasteiger partial charge >= 0.3 is 0 Å². The molecule has 0 bridgehead atoms. The van der Waals surface area contributed by atoms with Gasteiger partial charge in [0.2, 0.25) is 0 Å². The fraction of sp³-hybridized carbons (Fsp3) is 0.294. The second-order valence-electron chi connectivity index (χ2n) is 4.35.